The van der Waals surface area contributed by atoms with Crippen LogP contribution in [0.4, 0.5) is 39.5 Å². The van der Waals surface area contributed by atoms with Gasteiger partial charge in [0.1, 0.15) is 0 Å². The number of hydrogen-bond donors (Lipinski definition) is 0. The molecule has 1 aromatic carbocycles. The maximum absolute atomic E-state index is 12.9. The summed E-state index contributed by atoms with van der Waals surface area (Å²) in [6, 6.07) is 10.0. The Balaban J connectivity index is 0.000000694. The lowest BCUT2D eigenvalue weighted by Gasteiger charge is -2.33. The van der Waals surface area contributed by atoms with Gasteiger partial charge in [-0.3, -0.25) is 0 Å². The Morgan fingerprint density at radius 3 is 1.78 bits per heavy atom. The third kappa shape index (κ3) is 6.75. The molecule has 0 aliphatic heterocycles. The quantitative estimate of drug-likeness (QED) is 0.347. The Morgan fingerprint density at radius 2 is 1.41 bits per heavy atom. The van der Waals surface area contributed by atoms with Crippen molar-refractivity contribution in [2.24, 2.45) is 0 Å². The first-order chi connectivity index (χ1) is 12.2. The van der Waals surface area contributed by atoms with Gasteiger partial charge in [-0.1, -0.05) is 43.0 Å². The number of rotatable bonds is 8. The molecule has 0 spiro atoms. The normalized spacial score (nSPS) is 13.0. The average molecular weight is 410 g/mol. The zero-order valence-corrected chi connectivity index (χ0v) is 14.3. The third-order valence-electron chi connectivity index (χ3n) is 3.23. The van der Waals surface area contributed by atoms with Crippen LogP contribution in [-0.2, 0) is 4.74 Å². The fourth-order valence-electron chi connectivity index (χ4n) is 1.69. The molecule has 0 amide bonds. The minimum absolute atomic E-state index is 0.0701. The fraction of sp³-hybridized carbons (Fsp3) is 0.529. The van der Waals surface area contributed by atoms with Crippen LogP contribution in [0.5, 0.6) is 0 Å². The van der Waals surface area contributed by atoms with Crippen LogP contribution in [0.3, 0.4) is 0 Å². The monoisotopic (exact) mass is 410 g/mol. The van der Waals surface area contributed by atoms with Crippen LogP contribution in [0.15, 0.2) is 36.9 Å². The van der Waals surface area contributed by atoms with Crippen molar-refractivity contribution >= 4 is 6.08 Å². The van der Waals surface area contributed by atoms with E-state index in [1.54, 1.807) is 0 Å². The second-order valence-corrected chi connectivity index (χ2v) is 5.27. The summed E-state index contributed by atoms with van der Waals surface area (Å²) in [6.07, 6.45) is -7.55. The third-order valence-corrected chi connectivity index (χ3v) is 3.23. The molecule has 0 aliphatic carbocycles. The molecule has 0 atom stereocenters. The molecule has 0 bridgehead atoms. The van der Waals surface area contributed by atoms with Crippen molar-refractivity contribution in [3.63, 3.8) is 0 Å². The lowest BCUT2D eigenvalue weighted by Crippen LogP contribution is -2.60. The van der Waals surface area contributed by atoms with Gasteiger partial charge in [0.05, 0.1) is 0 Å². The van der Waals surface area contributed by atoms with E-state index in [0.29, 0.717) is 0 Å². The fourth-order valence-corrected chi connectivity index (χ4v) is 1.69. The highest BCUT2D eigenvalue weighted by molar-refractivity contribution is 5.45. The molecule has 0 heterocycles. The van der Waals surface area contributed by atoms with Crippen LogP contribution in [0.2, 0.25) is 0 Å². The van der Waals surface area contributed by atoms with Crippen molar-refractivity contribution in [1.82, 2.24) is 0 Å². The molecule has 0 unspecified atom stereocenters. The largest absolute Gasteiger partial charge is 0.460 e. The molecule has 0 saturated heterocycles. The Bertz CT molecular complexity index is 553. The molecule has 156 valence electrons. The minimum Gasteiger partial charge on any atom is -0.382 e. The number of benzene rings is 1. The molecule has 0 aromatic heterocycles. The van der Waals surface area contributed by atoms with Gasteiger partial charge < -0.3 is 4.74 Å². The van der Waals surface area contributed by atoms with Gasteiger partial charge >= 0.3 is 23.9 Å². The first-order valence-corrected chi connectivity index (χ1v) is 7.70. The first kappa shape index (κ1) is 25.3. The predicted molar refractivity (Wildman–Crippen MR) is 83.2 cm³/mol. The minimum atomic E-state index is -6.81. The van der Waals surface area contributed by atoms with Gasteiger partial charge in [-0.2, -0.15) is 39.5 Å². The van der Waals surface area contributed by atoms with Crippen molar-refractivity contribution < 1.29 is 44.3 Å². The van der Waals surface area contributed by atoms with Crippen LogP contribution in [0, 0.1) is 0 Å². The summed E-state index contributed by atoms with van der Waals surface area (Å²) in [5.74, 6) is -18.8. The zero-order valence-electron chi connectivity index (χ0n) is 14.3. The Kier molecular flexibility index (Phi) is 9.37. The van der Waals surface area contributed by atoms with Crippen LogP contribution in [0.25, 0.3) is 6.08 Å². The van der Waals surface area contributed by atoms with Gasteiger partial charge in [-0.15, -0.1) is 0 Å². The highest BCUT2D eigenvalue weighted by Gasteiger charge is 2.81. The van der Waals surface area contributed by atoms with E-state index < -0.39 is 43.4 Å². The summed E-state index contributed by atoms with van der Waals surface area (Å²) in [7, 11) is 0. The summed E-state index contributed by atoms with van der Waals surface area (Å²) in [5, 5.41) is 0. The van der Waals surface area contributed by atoms with Gasteiger partial charge in [0, 0.05) is 19.6 Å². The van der Waals surface area contributed by atoms with E-state index in [0.717, 1.165) is 0 Å². The second-order valence-electron chi connectivity index (χ2n) is 5.27. The molecular weight excluding hydrogens is 391 g/mol. The van der Waals surface area contributed by atoms with Crippen LogP contribution >= 0.6 is 0 Å². The number of ether oxygens (including phenoxy) is 1. The molecule has 0 N–H and O–H groups in total. The molecular formula is C17H19F9O. The molecule has 0 aliphatic rings. The lowest BCUT2D eigenvalue weighted by atomic mass is 10.00. The van der Waals surface area contributed by atoms with Crippen LogP contribution in [-0.4, -0.2) is 37.2 Å². The van der Waals surface area contributed by atoms with Gasteiger partial charge in [-0.25, -0.2) is 0 Å². The van der Waals surface area contributed by atoms with Gasteiger partial charge in [0.15, 0.2) is 0 Å². The average Bonchev–Trinajstić information content (AvgIpc) is 2.58. The highest BCUT2D eigenvalue weighted by Crippen LogP contribution is 2.54. The maximum Gasteiger partial charge on any atom is 0.460 e. The molecule has 1 nitrogen and oxygen atoms in total. The summed E-state index contributed by atoms with van der Waals surface area (Å²) in [6.45, 7) is 4.72. The zero-order chi connectivity index (χ0) is 21.4. The number of hydrogen-bond acceptors (Lipinski definition) is 1. The van der Waals surface area contributed by atoms with Crippen molar-refractivity contribution in [1.29, 1.82) is 0 Å². The summed E-state index contributed by atoms with van der Waals surface area (Å²) >= 11 is 0. The number of halogens is 9. The summed E-state index contributed by atoms with van der Waals surface area (Å²) in [5.41, 5.74) is 1.17. The van der Waals surface area contributed by atoms with Crippen LogP contribution in [0.1, 0.15) is 25.3 Å². The predicted octanol–water partition coefficient (Wildman–Crippen LogP) is 6.60. The van der Waals surface area contributed by atoms with Gasteiger partial charge in [0.2, 0.25) is 0 Å². The van der Waals surface area contributed by atoms with E-state index in [1.807, 2.05) is 36.4 Å². The van der Waals surface area contributed by atoms with E-state index in [2.05, 4.69) is 11.3 Å². The lowest BCUT2D eigenvalue weighted by molar-refractivity contribution is -0.396. The van der Waals surface area contributed by atoms with E-state index >= 15 is 0 Å². The molecule has 10 heteroatoms. The molecule has 0 radical (unpaired) electrons. The molecule has 0 fully saturated rings. The van der Waals surface area contributed by atoms with E-state index in [4.69, 9.17) is 0 Å². The standard InChI is InChI=1S/C9H11F9O.C8H8/c1-2-19-5-3-4-6(10,11)7(12,13)8(14,15)9(16,17)18;1-2-8-6-4-3-5-7-8/h2-5H2,1H3;2-7H,1H2. The Morgan fingerprint density at radius 1 is 0.889 bits per heavy atom. The van der Waals surface area contributed by atoms with Crippen molar-refractivity contribution in [3.05, 3.63) is 42.5 Å². The highest BCUT2D eigenvalue weighted by atomic mass is 19.4. The SMILES string of the molecule is C=Cc1ccccc1.CCOCCCC(F)(F)C(F)(F)C(F)(F)C(F)(F)F. The molecule has 0 saturated carbocycles. The van der Waals surface area contributed by atoms with Crippen molar-refractivity contribution in [2.75, 3.05) is 13.2 Å². The summed E-state index contributed by atoms with van der Waals surface area (Å²) in [4.78, 5) is 0. The van der Waals surface area contributed by atoms with E-state index in [9.17, 15) is 39.5 Å². The second kappa shape index (κ2) is 10.0. The van der Waals surface area contributed by atoms with Gasteiger partial charge in [0.25, 0.3) is 0 Å². The van der Waals surface area contributed by atoms with E-state index in [1.165, 1.54) is 12.5 Å². The first-order valence-electron chi connectivity index (χ1n) is 7.70. The molecule has 27 heavy (non-hydrogen) atoms. The van der Waals surface area contributed by atoms with Crippen molar-refractivity contribution in [2.45, 2.75) is 43.7 Å². The topological polar surface area (TPSA) is 9.23 Å². The molecule has 1 rings (SSSR count). The summed E-state index contributed by atoms with van der Waals surface area (Å²) < 4.78 is 116. The smallest absolute Gasteiger partial charge is 0.382 e. The molecule has 1 aromatic rings. The van der Waals surface area contributed by atoms with Gasteiger partial charge in [-0.05, 0) is 18.9 Å². The Hall–Kier alpha value is -1.71. The van der Waals surface area contributed by atoms with E-state index in [-0.39, 0.29) is 6.61 Å². The van der Waals surface area contributed by atoms with Crippen molar-refractivity contribution in [3.8, 4) is 0 Å². The van der Waals surface area contributed by atoms with Crippen LogP contribution < -0.4 is 0 Å². The number of alkyl halides is 9. The maximum atomic E-state index is 12.9. The Labute approximate surface area is 150 Å².